The van der Waals surface area contributed by atoms with Crippen LogP contribution in [-0.4, -0.2) is 15.4 Å². The van der Waals surface area contributed by atoms with E-state index in [2.05, 4.69) is 32.2 Å². The van der Waals surface area contributed by atoms with Gasteiger partial charge in [-0.1, -0.05) is 32.9 Å². The van der Waals surface area contributed by atoms with E-state index in [1.165, 1.54) is 17.2 Å². The van der Waals surface area contributed by atoms with E-state index >= 15 is 0 Å². The Morgan fingerprint density at radius 2 is 1.82 bits per heavy atom. The zero-order chi connectivity index (χ0) is 9.90. The molecule has 1 aliphatic rings. The maximum Gasteiger partial charge on any atom is 4.00 e. The summed E-state index contributed by atoms with van der Waals surface area (Å²) in [6, 6.07) is 0. The monoisotopic (exact) mass is 435 g/mol. The fourth-order valence-corrected chi connectivity index (χ4v) is 3.44. The minimum absolute atomic E-state index is 0. The first-order chi connectivity index (χ1) is 6.11. The molecule has 0 atom stereocenters. The van der Waals surface area contributed by atoms with Crippen LogP contribution in [0.15, 0.2) is 16.8 Å². The van der Waals surface area contributed by atoms with Crippen molar-refractivity contribution in [3.8, 4) is 0 Å². The van der Waals surface area contributed by atoms with Gasteiger partial charge in [0, 0.05) is 7.11 Å². The van der Waals surface area contributed by atoms with Gasteiger partial charge in [0.1, 0.15) is 8.32 Å². The fraction of sp³-hybridized carbons (Fsp3) is 0.500. The summed E-state index contributed by atoms with van der Waals surface area (Å²) in [5.74, 6) is 0. The van der Waals surface area contributed by atoms with Gasteiger partial charge in [-0.3, -0.25) is 6.08 Å². The second kappa shape index (κ2) is 11.4. The molecule has 0 aromatic heterocycles. The van der Waals surface area contributed by atoms with Crippen molar-refractivity contribution in [3.05, 3.63) is 45.2 Å². The van der Waals surface area contributed by atoms with E-state index in [4.69, 9.17) is 4.43 Å². The molecule has 0 fully saturated rings. The van der Waals surface area contributed by atoms with Gasteiger partial charge < -0.3 is 26.7 Å². The van der Waals surface area contributed by atoms with Crippen molar-refractivity contribution < 1.29 is 25.5 Å². The summed E-state index contributed by atoms with van der Waals surface area (Å²) < 4.78 is 5.61. The van der Waals surface area contributed by atoms with E-state index in [0.717, 1.165) is 12.8 Å². The Morgan fingerprint density at radius 1 is 1.29 bits per heavy atom. The Hall–Kier alpha value is 0.345. The van der Waals surface area contributed by atoms with Crippen LogP contribution in [0.5, 0.6) is 0 Å². The van der Waals surface area contributed by atoms with Crippen molar-refractivity contribution in [2.24, 2.45) is 0 Å². The first kappa shape index (κ1) is 26.0. The first-order valence-corrected chi connectivity index (χ1v) is 7.88. The molecule has 0 saturated heterocycles. The molecular weight excluding hydrogens is 407 g/mol. The van der Waals surface area contributed by atoms with Crippen LogP contribution in [0.2, 0.25) is 13.1 Å². The number of hydrogen-bond acceptors (Lipinski definition) is 1. The second-order valence-electron chi connectivity index (χ2n) is 3.94. The SMILES string of the molecule is CCCC1=[C-]CC=C1[Si](C)(C)OC.[CH3-].[CH3-].[CH3-].[Pt+4]. The van der Waals surface area contributed by atoms with Crippen molar-refractivity contribution in [2.45, 2.75) is 39.3 Å². The Labute approximate surface area is 125 Å². The zero-order valence-electron chi connectivity index (χ0n) is 12.4. The van der Waals surface area contributed by atoms with Crippen LogP contribution in [0.4, 0.5) is 0 Å². The molecule has 1 rings (SSSR count). The van der Waals surface area contributed by atoms with E-state index in [-0.39, 0.29) is 43.3 Å². The molecule has 0 bridgehead atoms. The molecule has 0 radical (unpaired) electrons. The molecule has 3 heteroatoms. The molecule has 0 aromatic carbocycles. The van der Waals surface area contributed by atoms with Crippen molar-refractivity contribution >= 4 is 8.32 Å². The standard InChI is InChI=1S/C11H19OSi.3CH3.Pt/c1-5-7-10-8-6-9-11(10)13(3,4)12-2;;;;/h9H,5-7H2,1-4H3;3*1H3;/q4*-1;+4. The van der Waals surface area contributed by atoms with E-state index in [0.29, 0.717) is 0 Å². The topological polar surface area (TPSA) is 9.23 Å². The molecule has 0 unspecified atom stereocenters. The van der Waals surface area contributed by atoms with Crippen LogP contribution in [0, 0.1) is 28.4 Å². The molecule has 104 valence electrons. The summed E-state index contributed by atoms with van der Waals surface area (Å²) in [6.07, 6.45) is 9.07. The largest absolute Gasteiger partial charge is 4.00 e. The van der Waals surface area contributed by atoms with Crippen LogP contribution < -0.4 is 0 Å². The predicted molar refractivity (Wildman–Crippen MR) is 78.1 cm³/mol. The summed E-state index contributed by atoms with van der Waals surface area (Å²) in [6.45, 7) is 6.72. The van der Waals surface area contributed by atoms with Gasteiger partial charge in [0.2, 0.25) is 0 Å². The van der Waals surface area contributed by atoms with Crippen LogP contribution >= 0.6 is 0 Å². The Kier molecular flexibility index (Phi) is 17.5. The third kappa shape index (κ3) is 6.74. The third-order valence-electron chi connectivity index (χ3n) is 2.61. The van der Waals surface area contributed by atoms with Gasteiger partial charge >= 0.3 is 21.1 Å². The molecular formula is C14H28OPtSi. The van der Waals surface area contributed by atoms with Gasteiger partial charge in [-0.15, -0.1) is 6.42 Å². The van der Waals surface area contributed by atoms with Gasteiger partial charge in [-0.25, -0.2) is 5.57 Å². The Balaban J connectivity index is -0.000000211. The van der Waals surface area contributed by atoms with Crippen LogP contribution in [-0.2, 0) is 25.5 Å². The van der Waals surface area contributed by atoms with Gasteiger partial charge in [0.05, 0.1) is 0 Å². The van der Waals surface area contributed by atoms with Crippen LogP contribution in [0.1, 0.15) is 26.2 Å². The predicted octanol–water partition coefficient (Wildman–Crippen LogP) is 4.59. The van der Waals surface area contributed by atoms with E-state index in [1.807, 2.05) is 7.11 Å². The normalized spacial score (nSPS) is 13.2. The molecule has 1 aliphatic carbocycles. The fourth-order valence-electron chi connectivity index (χ4n) is 1.69. The van der Waals surface area contributed by atoms with Gasteiger partial charge in [0.15, 0.2) is 0 Å². The number of allylic oxidation sites excluding steroid dienone is 4. The summed E-state index contributed by atoms with van der Waals surface area (Å²) in [5, 5.41) is 1.47. The minimum Gasteiger partial charge on any atom is -0.434 e. The average molecular weight is 436 g/mol. The Bertz CT molecular complexity index is 245. The van der Waals surface area contributed by atoms with Crippen LogP contribution in [0.25, 0.3) is 0 Å². The summed E-state index contributed by atoms with van der Waals surface area (Å²) in [5.41, 5.74) is 1.42. The summed E-state index contributed by atoms with van der Waals surface area (Å²) >= 11 is 0. The Morgan fingerprint density at radius 3 is 2.24 bits per heavy atom. The maximum absolute atomic E-state index is 5.61. The van der Waals surface area contributed by atoms with Crippen molar-refractivity contribution in [1.82, 2.24) is 0 Å². The molecule has 0 spiro atoms. The van der Waals surface area contributed by atoms with Gasteiger partial charge in [-0.05, 0) is 0 Å². The average Bonchev–Trinajstić information content (AvgIpc) is 2.54. The van der Waals surface area contributed by atoms with Crippen LogP contribution in [0.3, 0.4) is 0 Å². The zero-order valence-corrected chi connectivity index (χ0v) is 15.7. The smallest absolute Gasteiger partial charge is 0.434 e. The molecule has 0 heterocycles. The minimum atomic E-state index is -1.58. The quantitative estimate of drug-likeness (QED) is 0.464. The van der Waals surface area contributed by atoms with E-state index in [1.54, 1.807) is 0 Å². The maximum atomic E-state index is 5.61. The molecule has 0 amide bonds. The third-order valence-corrected chi connectivity index (χ3v) is 5.43. The molecule has 0 saturated carbocycles. The van der Waals surface area contributed by atoms with Crippen molar-refractivity contribution in [2.75, 3.05) is 7.11 Å². The van der Waals surface area contributed by atoms with E-state index < -0.39 is 8.32 Å². The van der Waals surface area contributed by atoms with Gasteiger partial charge in [-0.2, -0.15) is 11.3 Å². The molecule has 0 aromatic rings. The number of hydrogen-bond donors (Lipinski definition) is 0. The van der Waals surface area contributed by atoms with Crippen molar-refractivity contribution in [1.29, 1.82) is 0 Å². The first-order valence-electron chi connectivity index (χ1n) is 4.97. The summed E-state index contributed by atoms with van der Waals surface area (Å²) in [7, 11) is 0.245. The van der Waals surface area contributed by atoms with E-state index in [9.17, 15) is 0 Å². The summed E-state index contributed by atoms with van der Waals surface area (Å²) in [4.78, 5) is 0. The molecule has 17 heavy (non-hydrogen) atoms. The van der Waals surface area contributed by atoms with Gasteiger partial charge in [0.25, 0.3) is 0 Å². The van der Waals surface area contributed by atoms with Crippen molar-refractivity contribution in [3.63, 3.8) is 0 Å². The molecule has 0 N–H and O–H groups in total. The number of rotatable bonds is 4. The molecule has 0 aliphatic heterocycles. The second-order valence-corrected chi connectivity index (χ2v) is 7.91. The molecule has 1 nitrogen and oxygen atoms in total.